The maximum atomic E-state index is 13.7. The molecule has 0 heterocycles. The third kappa shape index (κ3) is 2.29. The van der Waals surface area contributed by atoms with Gasteiger partial charge in [-0.3, -0.25) is 0 Å². The van der Waals surface area contributed by atoms with Crippen LogP contribution in [-0.2, 0) is 10.3 Å². The quantitative estimate of drug-likeness (QED) is 0.612. The SMILES string of the molecule is COc1cc(C(C)F)cc(C2(N=C=O)CCC2)c1OC. The van der Waals surface area contributed by atoms with E-state index in [1.54, 1.807) is 18.2 Å². The molecule has 0 bridgehead atoms. The van der Waals surface area contributed by atoms with Crippen molar-refractivity contribution in [1.29, 1.82) is 0 Å². The van der Waals surface area contributed by atoms with Crippen LogP contribution in [0.4, 0.5) is 4.39 Å². The standard InChI is InChI=1S/C15H18FNO3/c1-10(16)11-7-12(14(20-3)13(8-11)19-2)15(17-9-18)5-4-6-15/h7-8,10H,4-6H2,1-3H3. The summed E-state index contributed by atoms with van der Waals surface area (Å²) in [4.78, 5) is 14.7. The number of carbonyl (C=O) groups excluding carboxylic acids is 1. The number of rotatable bonds is 5. The van der Waals surface area contributed by atoms with Crippen molar-refractivity contribution in [2.24, 2.45) is 4.99 Å². The molecule has 0 aliphatic heterocycles. The fraction of sp³-hybridized carbons (Fsp3) is 0.533. The molecule has 0 spiro atoms. The topological polar surface area (TPSA) is 47.9 Å². The molecule has 5 heteroatoms. The summed E-state index contributed by atoms with van der Waals surface area (Å²) in [5, 5.41) is 0. The van der Waals surface area contributed by atoms with E-state index in [1.165, 1.54) is 21.1 Å². The molecule has 1 aliphatic rings. The van der Waals surface area contributed by atoms with E-state index in [0.29, 0.717) is 22.6 Å². The molecule has 0 saturated heterocycles. The lowest BCUT2D eigenvalue weighted by atomic mass is 9.71. The Labute approximate surface area is 117 Å². The summed E-state index contributed by atoms with van der Waals surface area (Å²) in [5.41, 5.74) is 0.545. The zero-order valence-electron chi connectivity index (χ0n) is 11.9. The number of aliphatic imine (C=N–C) groups is 1. The Morgan fingerprint density at radius 1 is 1.35 bits per heavy atom. The van der Waals surface area contributed by atoms with Crippen LogP contribution in [-0.4, -0.2) is 20.3 Å². The summed E-state index contributed by atoms with van der Waals surface area (Å²) in [6.45, 7) is 1.46. The van der Waals surface area contributed by atoms with Gasteiger partial charge in [0.15, 0.2) is 11.5 Å². The molecule has 1 aromatic rings. The van der Waals surface area contributed by atoms with Gasteiger partial charge in [0, 0.05) is 5.56 Å². The van der Waals surface area contributed by atoms with Gasteiger partial charge < -0.3 is 9.47 Å². The molecule has 1 aromatic carbocycles. The van der Waals surface area contributed by atoms with Crippen molar-refractivity contribution in [1.82, 2.24) is 0 Å². The lowest BCUT2D eigenvalue weighted by Crippen LogP contribution is -2.32. The Morgan fingerprint density at radius 2 is 2.05 bits per heavy atom. The molecule has 1 aliphatic carbocycles. The highest BCUT2D eigenvalue weighted by atomic mass is 19.1. The molecule has 108 valence electrons. The van der Waals surface area contributed by atoms with Gasteiger partial charge in [0.05, 0.1) is 14.2 Å². The van der Waals surface area contributed by atoms with Crippen LogP contribution in [0.3, 0.4) is 0 Å². The molecule has 0 aromatic heterocycles. The number of methoxy groups -OCH3 is 2. The fourth-order valence-electron chi connectivity index (χ4n) is 2.60. The summed E-state index contributed by atoms with van der Waals surface area (Å²) < 4.78 is 24.3. The summed E-state index contributed by atoms with van der Waals surface area (Å²) in [6.07, 6.45) is 2.92. The Morgan fingerprint density at radius 3 is 2.45 bits per heavy atom. The van der Waals surface area contributed by atoms with E-state index in [4.69, 9.17) is 9.47 Å². The van der Waals surface area contributed by atoms with Gasteiger partial charge in [0.2, 0.25) is 6.08 Å². The highest BCUT2D eigenvalue weighted by Crippen LogP contribution is 2.51. The van der Waals surface area contributed by atoms with E-state index in [0.717, 1.165) is 19.3 Å². The second kappa shape index (κ2) is 5.63. The summed E-state index contributed by atoms with van der Waals surface area (Å²) >= 11 is 0. The Balaban J connectivity index is 2.65. The zero-order chi connectivity index (χ0) is 14.8. The molecule has 0 radical (unpaired) electrons. The second-order valence-corrected chi connectivity index (χ2v) is 5.01. The summed E-state index contributed by atoms with van der Waals surface area (Å²) in [5.74, 6) is 0.965. The first-order valence-electron chi connectivity index (χ1n) is 6.57. The average molecular weight is 279 g/mol. The number of hydrogen-bond acceptors (Lipinski definition) is 4. The Bertz CT molecular complexity index is 546. The first-order valence-corrected chi connectivity index (χ1v) is 6.57. The van der Waals surface area contributed by atoms with Crippen LogP contribution in [0.15, 0.2) is 17.1 Å². The van der Waals surface area contributed by atoms with E-state index in [9.17, 15) is 9.18 Å². The van der Waals surface area contributed by atoms with Gasteiger partial charge in [-0.25, -0.2) is 9.18 Å². The second-order valence-electron chi connectivity index (χ2n) is 5.01. The van der Waals surface area contributed by atoms with Crippen molar-refractivity contribution in [3.05, 3.63) is 23.3 Å². The minimum absolute atomic E-state index is 0.455. The Kier molecular flexibility index (Phi) is 4.09. The molecular formula is C15H18FNO3. The number of benzene rings is 1. The third-order valence-electron chi connectivity index (χ3n) is 3.90. The lowest BCUT2D eigenvalue weighted by molar-refractivity contribution is 0.241. The molecule has 4 nitrogen and oxygen atoms in total. The normalized spacial score (nSPS) is 17.6. The number of halogens is 1. The molecule has 20 heavy (non-hydrogen) atoms. The number of isocyanates is 1. The van der Waals surface area contributed by atoms with E-state index < -0.39 is 11.7 Å². The minimum Gasteiger partial charge on any atom is -0.493 e. The maximum absolute atomic E-state index is 13.7. The van der Waals surface area contributed by atoms with Gasteiger partial charge in [-0.15, -0.1) is 0 Å². The van der Waals surface area contributed by atoms with Crippen molar-refractivity contribution in [3.63, 3.8) is 0 Å². The maximum Gasteiger partial charge on any atom is 0.235 e. The largest absolute Gasteiger partial charge is 0.493 e. The summed E-state index contributed by atoms with van der Waals surface area (Å²) in [7, 11) is 3.03. The van der Waals surface area contributed by atoms with Crippen molar-refractivity contribution in [3.8, 4) is 11.5 Å². The minimum atomic E-state index is -1.13. The predicted molar refractivity (Wildman–Crippen MR) is 72.7 cm³/mol. The molecule has 0 amide bonds. The van der Waals surface area contributed by atoms with Crippen LogP contribution in [0.25, 0.3) is 0 Å². The fourth-order valence-corrected chi connectivity index (χ4v) is 2.60. The first kappa shape index (κ1) is 14.5. The van der Waals surface area contributed by atoms with Crippen LogP contribution in [0, 0.1) is 0 Å². The van der Waals surface area contributed by atoms with Crippen LogP contribution >= 0.6 is 0 Å². The van der Waals surface area contributed by atoms with Gasteiger partial charge in [0.1, 0.15) is 11.7 Å². The smallest absolute Gasteiger partial charge is 0.235 e. The molecule has 1 saturated carbocycles. The van der Waals surface area contributed by atoms with Crippen molar-refractivity contribution in [2.75, 3.05) is 14.2 Å². The first-order chi connectivity index (χ1) is 9.57. The van der Waals surface area contributed by atoms with Gasteiger partial charge in [0.25, 0.3) is 0 Å². The Hall–Kier alpha value is -1.87. The van der Waals surface area contributed by atoms with E-state index in [2.05, 4.69) is 4.99 Å². The highest BCUT2D eigenvalue weighted by Gasteiger charge is 2.42. The molecular weight excluding hydrogens is 261 g/mol. The molecule has 1 atom stereocenters. The molecule has 0 N–H and O–H groups in total. The molecule has 1 unspecified atom stereocenters. The molecule has 2 rings (SSSR count). The lowest BCUT2D eigenvalue weighted by Gasteiger charge is -2.38. The monoisotopic (exact) mass is 279 g/mol. The van der Waals surface area contributed by atoms with Crippen molar-refractivity contribution in [2.45, 2.75) is 37.9 Å². The molecule has 1 fully saturated rings. The van der Waals surface area contributed by atoms with Gasteiger partial charge >= 0.3 is 0 Å². The van der Waals surface area contributed by atoms with E-state index >= 15 is 0 Å². The van der Waals surface area contributed by atoms with Gasteiger partial charge in [-0.1, -0.05) is 0 Å². The van der Waals surface area contributed by atoms with Crippen LogP contribution < -0.4 is 9.47 Å². The number of nitrogens with zero attached hydrogens (tertiary/aromatic N) is 1. The van der Waals surface area contributed by atoms with Crippen LogP contribution in [0.1, 0.15) is 43.5 Å². The average Bonchev–Trinajstić information content (AvgIpc) is 2.41. The number of ether oxygens (including phenoxy) is 2. The van der Waals surface area contributed by atoms with Crippen LogP contribution in [0.2, 0.25) is 0 Å². The number of hydrogen-bond donors (Lipinski definition) is 0. The van der Waals surface area contributed by atoms with E-state index in [1.807, 2.05) is 0 Å². The van der Waals surface area contributed by atoms with Gasteiger partial charge in [-0.05, 0) is 43.9 Å². The summed E-state index contributed by atoms with van der Waals surface area (Å²) in [6, 6.07) is 3.33. The van der Waals surface area contributed by atoms with Crippen LogP contribution in [0.5, 0.6) is 11.5 Å². The van der Waals surface area contributed by atoms with Crippen molar-refractivity contribution < 1.29 is 18.7 Å². The van der Waals surface area contributed by atoms with Crippen molar-refractivity contribution >= 4 is 6.08 Å². The van der Waals surface area contributed by atoms with Gasteiger partial charge in [-0.2, -0.15) is 4.99 Å². The predicted octanol–water partition coefficient (Wildman–Crippen LogP) is 3.45. The highest BCUT2D eigenvalue weighted by molar-refractivity contribution is 5.55. The number of alkyl halides is 1. The zero-order valence-corrected chi connectivity index (χ0v) is 11.9. The third-order valence-corrected chi connectivity index (χ3v) is 3.90. The van der Waals surface area contributed by atoms with E-state index in [-0.39, 0.29) is 0 Å².